The Bertz CT molecular complexity index is 1780. The van der Waals surface area contributed by atoms with E-state index in [1.807, 2.05) is 0 Å². The Hall–Kier alpha value is -5.27. The zero-order valence-electron chi connectivity index (χ0n) is 32.0. The lowest BCUT2D eigenvalue weighted by Gasteiger charge is -2.45. The fraction of sp³-hybridized carbons (Fsp3) is 0.583. The van der Waals surface area contributed by atoms with E-state index >= 15 is 0 Å². The first kappa shape index (κ1) is 42.5. The molecule has 300 valence electrons. The van der Waals surface area contributed by atoms with Crippen molar-refractivity contribution in [1.82, 2.24) is 30.0 Å². The first-order chi connectivity index (χ1) is 26.1. The summed E-state index contributed by atoms with van der Waals surface area (Å²) in [5.74, 6) is -3.04. The summed E-state index contributed by atoms with van der Waals surface area (Å²) in [5.41, 5.74) is 2.25. The van der Waals surface area contributed by atoms with Crippen molar-refractivity contribution in [3.63, 3.8) is 0 Å². The van der Waals surface area contributed by atoms with Crippen LogP contribution in [0.1, 0.15) is 73.9 Å². The van der Waals surface area contributed by atoms with Crippen LogP contribution in [0.2, 0.25) is 0 Å². The molecule has 1 N–H and O–H groups in total. The molecule has 55 heavy (non-hydrogen) atoms. The van der Waals surface area contributed by atoms with E-state index in [9.17, 15) is 29.1 Å². The number of aliphatic hydroxyl groups excluding tert-OH is 1. The lowest BCUT2D eigenvalue weighted by atomic mass is 9.91. The van der Waals surface area contributed by atoms with Crippen molar-refractivity contribution >= 4 is 29.8 Å². The highest BCUT2D eigenvalue weighted by Crippen LogP contribution is 2.36. The van der Waals surface area contributed by atoms with E-state index in [2.05, 4.69) is 20.6 Å². The van der Waals surface area contributed by atoms with E-state index < -0.39 is 84.7 Å². The Balaban J connectivity index is 1.62. The predicted molar refractivity (Wildman–Crippen MR) is 189 cm³/mol. The Morgan fingerprint density at radius 3 is 1.87 bits per heavy atom. The van der Waals surface area contributed by atoms with Crippen molar-refractivity contribution in [2.75, 3.05) is 19.8 Å². The first-order valence-electron chi connectivity index (χ1n) is 17.8. The zero-order chi connectivity index (χ0) is 40.4. The summed E-state index contributed by atoms with van der Waals surface area (Å²) in [6.07, 6.45) is -3.27. The number of carbonyl (C=O) groups is 5. The van der Waals surface area contributed by atoms with Crippen LogP contribution in [0.4, 0.5) is 0 Å². The fourth-order valence-corrected chi connectivity index (χ4v) is 6.42. The molecular formula is C36H48N6O13. The largest absolute Gasteiger partial charge is 0.463 e. The minimum Gasteiger partial charge on any atom is -0.463 e. The van der Waals surface area contributed by atoms with Crippen LogP contribution in [0, 0.1) is 0 Å². The number of esters is 5. The number of aliphatic hydroxyl groups is 1. The van der Waals surface area contributed by atoms with Gasteiger partial charge in [0.05, 0.1) is 24.5 Å². The molecule has 1 unspecified atom stereocenters. The summed E-state index contributed by atoms with van der Waals surface area (Å²) in [6, 6.07) is 5.57. The van der Waals surface area contributed by atoms with Gasteiger partial charge in [0, 0.05) is 65.4 Å². The maximum atomic E-state index is 12.3. The molecule has 0 aliphatic carbocycles. The van der Waals surface area contributed by atoms with E-state index in [4.69, 9.17) is 33.2 Å². The number of hydrogen-bond acceptors (Lipinski definition) is 17. The van der Waals surface area contributed by atoms with E-state index in [0.29, 0.717) is 29.1 Å². The molecule has 0 saturated carbocycles. The highest BCUT2D eigenvalue weighted by molar-refractivity contribution is 5.69. The number of hydrogen-bond donors (Lipinski definition) is 1. The van der Waals surface area contributed by atoms with Gasteiger partial charge in [-0.3, -0.25) is 24.0 Å². The van der Waals surface area contributed by atoms with Gasteiger partial charge in [0.25, 0.3) is 0 Å². The molecule has 19 nitrogen and oxygen atoms in total. The van der Waals surface area contributed by atoms with Gasteiger partial charge in [-0.15, -0.1) is 10.2 Å². The molecule has 3 aromatic rings. The Kier molecular flexibility index (Phi) is 14.9. The van der Waals surface area contributed by atoms with Crippen LogP contribution >= 0.6 is 0 Å². The van der Waals surface area contributed by atoms with Crippen LogP contribution in [-0.4, -0.2) is 127 Å². The summed E-state index contributed by atoms with van der Waals surface area (Å²) in [7, 11) is 0. The number of nitrogens with zero attached hydrogens (tertiary/aromatic N) is 6. The van der Waals surface area contributed by atoms with Gasteiger partial charge in [-0.25, -0.2) is 9.36 Å². The van der Waals surface area contributed by atoms with Crippen molar-refractivity contribution in [2.45, 2.75) is 117 Å². The van der Waals surface area contributed by atoms with Gasteiger partial charge < -0.3 is 38.3 Å². The summed E-state index contributed by atoms with van der Waals surface area (Å²) in [5, 5.41) is 26.9. The van der Waals surface area contributed by atoms with Crippen LogP contribution in [0.15, 0.2) is 36.7 Å². The number of benzene rings is 1. The third-order valence-corrected chi connectivity index (χ3v) is 8.74. The fourth-order valence-electron chi connectivity index (χ4n) is 6.42. The summed E-state index contributed by atoms with van der Waals surface area (Å²) in [4.78, 5) is 60.3. The second-order valence-electron chi connectivity index (χ2n) is 13.0. The van der Waals surface area contributed by atoms with Gasteiger partial charge in [0.1, 0.15) is 36.2 Å². The zero-order valence-corrected chi connectivity index (χ0v) is 32.0. The smallest absolute Gasteiger partial charge is 0.303 e. The minimum atomic E-state index is -1.15. The van der Waals surface area contributed by atoms with Gasteiger partial charge >= 0.3 is 29.8 Å². The quantitative estimate of drug-likeness (QED) is 0.153. The monoisotopic (exact) mass is 772 g/mol. The average molecular weight is 773 g/mol. The van der Waals surface area contributed by atoms with Crippen LogP contribution < -0.4 is 0 Å². The molecular weight excluding hydrogens is 724 g/mol. The Labute approximate surface area is 317 Å². The number of carbonyl (C=O) groups excluding carboxylic acids is 5. The molecule has 0 bridgehead atoms. The lowest BCUT2D eigenvalue weighted by molar-refractivity contribution is -0.231. The van der Waals surface area contributed by atoms with Crippen molar-refractivity contribution in [2.24, 2.45) is 0 Å². The molecule has 1 aromatic carbocycles. The third-order valence-electron chi connectivity index (χ3n) is 8.74. The normalized spacial score (nSPS) is 21.7. The summed E-state index contributed by atoms with van der Waals surface area (Å²) >= 11 is 0. The average Bonchev–Trinajstić information content (AvgIpc) is 3.81. The minimum absolute atomic E-state index is 0.0370. The molecule has 0 spiro atoms. The van der Waals surface area contributed by atoms with Crippen molar-refractivity contribution < 1.29 is 62.2 Å². The van der Waals surface area contributed by atoms with Crippen LogP contribution in [0.5, 0.6) is 0 Å². The highest BCUT2D eigenvalue weighted by atomic mass is 16.6. The molecule has 9 atom stereocenters. The Morgan fingerprint density at radius 2 is 1.33 bits per heavy atom. The Morgan fingerprint density at radius 1 is 0.764 bits per heavy atom. The van der Waals surface area contributed by atoms with Crippen molar-refractivity contribution in [3.05, 3.63) is 36.7 Å². The molecule has 3 heterocycles. The molecule has 1 saturated heterocycles. The summed E-state index contributed by atoms with van der Waals surface area (Å²) in [6.45, 7) is 11.2. The molecule has 1 fully saturated rings. The summed E-state index contributed by atoms with van der Waals surface area (Å²) < 4.78 is 42.5. The molecule has 2 aromatic heterocycles. The van der Waals surface area contributed by atoms with Gasteiger partial charge in [0.15, 0.2) is 24.4 Å². The predicted octanol–water partition coefficient (Wildman–Crippen LogP) is 2.17. The first-order valence-corrected chi connectivity index (χ1v) is 17.8. The second-order valence-corrected chi connectivity index (χ2v) is 13.0. The molecule has 0 amide bonds. The maximum Gasteiger partial charge on any atom is 0.303 e. The number of ether oxygens (including phenoxy) is 7. The topological polar surface area (TPSA) is 232 Å². The third kappa shape index (κ3) is 11.1. The van der Waals surface area contributed by atoms with E-state index in [0.717, 1.165) is 0 Å². The maximum absolute atomic E-state index is 12.3. The van der Waals surface area contributed by atoms with Gasteiger partial charge in [0.2, 0.25) is 0 Å². The van der Waals surface area contributed by atoms with E-state index in [1.54, 1.807) is 57.4 Å². The van der Waals surface area contributed by atoms with Crippen molar-refractivity contribution in [1.29, 1.82) is 0 Å². The van der Waals surface area contributed by atoms with Gasteiger partial charge in [-0.05, 0) is 20.8 Å². The standard InChI is InChI=1S/C36H48N6O13/c1-9-49-20(3)34(52-23(6)46)33(51-22(5)45)19(2)41-16-28(37-39-41)26-10-12-27(13-11-26)29-17-42(40-38-29)32-31(18-50-21(4)44)55-30(14-15-43)35(53-24(7)47)36(32)54-25(8)48/h10-13,16-17,19-20,30-36,43H,9,14-15,18H2,1-8H3/t19-,20?,30-,31-,32-,33+,34-,35-,36+/m1/s1. The van der Waals surface area contributed by atoms with Crippen LogP contribution in [0.25, 0.3) is 22.5 Å². The van der Waals surface area contributed by atoms with E-state index in [-0.39, 0.29) is 19.6 Å². The van der Waals surface area contributed by atoms with Crippen LogP contribution in [0.3, 0.4) is 0 Å². The van der Waals surface area contributed by atoms with Gasteiger partial charge in [-0.2, -0.15) is 0 Å². The van der Waals surface area contributed by atoms with E-state index in [1.165, 1.54) is 44.0 Å². The van der Waals surface area contributed by atoms with Crippen LogP contribution in [-0.2, 0) is 57.1 Å². The molecule has 1 aliphatic rings. The number of aromatic nitrogens is 6. The molecule has 19 heteroatoms. The SMILES string of the molecule is CCOC(C)[C@@H](OC(C)=O)[C@@H](OC(C)=O)[C@@H](C)n1cc(-c2ccc(-c3cn([C@H]4[C@H](OC(C)=O)[C@H](OC(C)=O)[C@@H](CCO)O[C@@H]4COC(C)=O)nn3)cc2)nn1. The molecule has 1 aliphatic heterocycles. The van der Waals surface area contributed by atoms with Gasteiger partial charge in [-0.1, -0.05) is 34.7 Å². The lowest BCUT2D eigenvalue weighted by Crippen LogP contribution is -2.59. The van der Waals surface area contributed by atoms with Crippen molar-refractivity contribution in [3.8, 4) is 22.5 Å². The molecule has 4 rings (SSSR count). The highest BCUT2D eigenvalue weighted by Gasteiger charge is 2.51. The number of rotatable bonds is 17. The molecule has 0 radical (unpaired) electrons. The second kappa shape index (κ2) is 19.4.